The van der Waals surface area contributed by atoms with Crippen molar-refractivity contribution in [3.8, 4) is 5.75 Å². The average Bonchev–Trinajstić information content (AvgIpc) is 2.34. The number of aliphatic carboxylic acids is 1. The molecule has 3 nitrogen and oxygen atoms in total. The third-order valence-electron chi connectivity index (χ3n) is 3.71. The van der Waals surface area contributed by atoms with E-state index in [9.17, 15) is 18.0 Å². The van der Waals surface area contributed by atoms with E-state index in [1.54, 1.807) is 0 Å². The second kappa shape index (κ2) is 6.37. The fraction of sp³-hybridized carbons (Fsp3) is 0.533. The van der Waals surface area contributed by atoms with Gasteiger partial charge in [0.15, 0.2) is 0 Å². The molecule has 0 atom stereocenters. The van der Waals surface area contributed by atoms with Gasteiger partial charge in [-0.15, -0.1) is 0 Å². The van der Waals surface area contributed by atoms with Gasteiger partial charge in [-0.05, 0) is 42.9 Å². The van der Waals surface area contributed by atoms with Crippen molar-refractivity contribution in [2.45, 2.75) is 38.3 Å². The minimum Gasteiger partial charge on any atom is -0.493 e. The van der Waals surface area contributed by atoms with Gasteiger partial charge in [0.1, 0.15) is 5.75 Å². The lowest BCUT2D eigenvalue weighted by Gasteiger charge is -2.25. The highest BCUT2D eigenvalue weighted by atomic mass is 19.4. The summed E-state index contributed by atoms with van der Waals surface area (Å²) in [5.74, 6) is -0.493. The number of rotatable bonds is 6. The van der Waals surface area contributed by atoms with Crippen LogP contribution in [0.1, 0.15) is 36.8 Å². The number of alkyl halides is 3. The van der Waals surface area contributed by atoms with Crippen LogP contribution in [0.3, 0.4) is 0 Å². The monoisotopic (exact) mass is 302 g/mol. The summed E-state index contributed by atoms with van der Waals surface area (Å²) >= 11 is 0. The smallest absolute Gasteiger partial charge is 0.416 e. The van der Waals surface area contributed by atoms with Crippen molar-refractivity contribution < 1.29 is 27.8 Å². The molecule has 0 radical (unpaired) electrons. The van der Waals surface area contributed by atoms with Crippen LogP contribution in [0, 0.1) is 5.92 Å². The molecule has 0 bridgehead atoms. The van der Waals surface area contributed by atoms with Gasteiger partial charge >= 0.3 is 12.1 Å². The van der Waals surface area contributed by atoms with Crippen molar-refractivity contribution in [2.24, 2.45) is 5.92 Å². The quantitative estimate of drug-likeness (QED) is 0.867. The minimum absolute atomic E-state index is 0.0131. The summed E-state index contributed by atoms with van der Waals surface area (Å²) < 4.78 is 44.5. The lowest BCUT2D eigenvalue weighted by atomic mass is 9.86. The van der Waals surface area contributed by atoms with Crippen molar-refractivity contribution in [1.29, 1.82) is 0 Å². The van der Waals surface area contributed by atoms with Gasteiger partial charge in [-0.3, -0.25) is 4.79 Å². The van der Waals surface area contributed by atoms with Crippen molar-refractivity contribution in [3.63, 3.8) is 0 Å². The number of halogens is 3. The lowest BCUT2D eigenvalue weighted by molar-refractivity contribution is -0.140. The molecule has 1 saturated carbocycles. The Balaban J connectivity index is 2.11. The van der Waals surface area contributed by atoms with Crippen LogP contribution in [0.4, 0.5) is 13.2 Å². The molecule has 1 fully saturated rings. The Bertz CT molecular complexity index is 507. The molecule has 1 N–H and O–H groups in total. The van der Waals surface area contributed by atoms with Crippen LogP contribution in [0.25, 0.3) is 0 Å². The Morgan fingerprint density at radius 3 is 2.57 bits per heavy atom. The van der Waals surface area contributed by atoms with Crippen molar-refractivity contribution in [1.82, 2.24) is 0 Å². The van der Waals surface area contributed by atoms with Gasteiger partial charge in [0.05, 0.1) is 12.2 Å². The average molecular weight is 302 g/mol. The van der Waals surface area contributed by atoms with Crippen LogP contribution in [0.5, 0.6) is 5.75 Å². The van der Waals surface area contributed by atoms with Crippen LogP contribution < -0.4 is 4.74 Å². The maximum Gasteiger partial charge on any atom is 0.416 e. The standard InChI is InChI=1S/C15H17F3O3/c16-15(17,18)13-8-12(21-9-10-2-1-3-10)6-4-11(13)5-7-14(19)20/h4,6,8,10H,1-3,5,7,9H2,(H,19,20). The van der Waals surface area contributed by atoms with E-state index in [1.165, 1.54) is 12.1 Å². The fourth-order valence-corrected chi connectivity index (χ4v) is 2.24. The minimum atomic E-state index is -4.51. The van der Waals surface area contributed by atoms with Crippen LogP contribution in [-0.2, 0) is 17.4 Å². The summed E-state index contributed by atoms with van der Waals surface area (Å²) in [6.07, 6.45) is -1.72. The van der Waals surface area contributed by atoms with Gasteiger partial charge < -0.3 is 9.84 Å². The zero-order chi connectivity index (χ0) is 15.5. The second-order valence-electron chi connectivity index (χ2n) is 5.32. The molecule has 0 amide bonds. The molecule has 0 aromatic heterocycles. The molecule has 116 valence electrons. The van der Waals surface area contributed by atoms with Gasteiger partial charge in [0, 0.05) is 6.42 Å². The number of carboxylic acid groups (broad SMARTS) is 1. The molecular formula is C15H17F3O3. The predicted molar refractivity (Wildman–Crippen MR) is 70.2 cm³/mol. The normalized spacial score (nSPS) is 15.6. The lowest BCUT2D eigenvalue weighted by Crippen LogP contribution is -2.19. The molecule has 2 rings (SSSR count). The Morgan fingerprint density at radius 2 is 2.05 bits per heavy atom. The van der Waals surface area contributed by atoms with E-state index in [4.69, 9.17) is 9.84 Å². The first-order chi connectivity index (χ1) is 9.86. The summed E-state index contributed by atoms with van der Waals surface area (Å²) in [5.41, 5.74) is -0.823. The van der Waals surface area contributed by atoms with Crippen LogP contribution in [-0.4, -0.2) is 17.7 Å². The Labute approximate surface area is 120 Å². The van der Waals surface area contributed by atoms with Crippen LogP contribution >= 0.6 is 0 Å². The third kappa shape index (κ3) is 4.37. The zero-order valence-electron chi connectivity index (χ0n) is 11.4. The number of ether oxygens (including phenoxy) is 1. The van der Waals surface area contributed by atoms with E-state index >= 15 is 0 Å². The maximum atomic E-state index is 13.0. The fourth-order valence-electron chi connectivity index (χ4n) is 2.24. The number of hydrogen-bond donors (Lipinski definition) is 1. The topological polar surface area (TPSA) is 46.5 Å². The molecule has 0 heterocycles. The molecule has 0 unspecified atom stereocenters. The highest BCUT2D eigenvalue weighted by Crippen LogP contribution is 2.35. The first-order valence-corrected chi connectivity index (χ1v) is 6.91. The van der Waals surface area contributed by atoms with Crippen molar-refractivity contribution in [2.75, 3.05) is 6.61 Å². The van der Waals surface area contributed by atoms with E-state index in [0.717, 1.165) is 25.3 Å². The van der Waals surface area contributed by atoms with E-state index in [2.05, 4.69) is 0 Å². The summed E-state index contributed by atoms with van der Waals surface area (Å²) in [5, 5.41) is 8.60. The van der Waals surface area contributed by atoms with Gasteiger partial charge in [0.25, 0.3) is 0 Å². The molecule has 0 aliphatic heterocycles. The summed E-state index contributed by atoms with van der Waals surface area (Å²) in [6, 6.07) is 3.75. The Morgan fingerprint density at radius 1 is 1.33 bits per heavy atom. The number of carboxylic acids is 1. The Kier molecular flexibility index (Phi) is 4.75. The molecule has 0 spiro atoms. The Hall–Kier alpha value is -1.72. The highest BCUT2D eigenvalue weighted by molar-refractivity contribution is 5.67. The van der Waals surface area contributed by atoms with Crippen molar-refractivity contribution >= 4 is 5.97 Å². The summed E-state index contributed by atoms with van der Waals surface area (Å²) in [7, 11) is 0. The SMILES string of the molecule is O=C(O)CCc1ccc(OCC2CCC2)cc1C(F)(F)F. The third-order valence-corrected chi connectivity index (χ3v) is 3.71. The molecule has 0 saturated heterocycles. The maximum absolute atomic E-state index is 13.0. The highest BCUT2D eigenvalue weighted by Gasteiger charge is 2.34. The zero-order valence-corrected chi connectivity index (χ0v) is 11.4. The molecule has 1 aliphatic carbocycles. The second-order valence-corrected chi connectivity index (χ2v) is 5.32. The van der Waals surface area contributed by atoms with Crippen LogP contribution in [0.2, 0.25) is 0 Å². The first-order valence-electron chi connectivity index (χ1n) is 6.91. The van der Waals surface area contributed by atoms with E-state index in [-0.39, 0.29) is 24.2 Å². The van der Waals surface area contributed by atoms with E-state index in [1.807, 2.05) is 0 Å². The largest absolute Gasteiger partial charge is 0.493 e. The molecule has 1 aliphatic rings. The van der Waals surface area contributed by atoms with Gasteiger partial charge in [-0.25, -0.2) is 0 Å². The van der Waals surface area contributed by atoms with Gasteiger partial charge in [-0.1, -0.05) is 12.5 Å². The van der Waals surface area contributed by atoms with Gasteiger partial charge in [0.2, 0.25) is 0 Å². The molecular weight excluding hydrogens is 285 g/mol. The molecule has 1 aromatic carbocycles. The van der Waals surface area contributed by atoms with Crippen molar-refractivity contribution in [3.05, 3.63) is 29.3 Å². The van der Waals surface area contributed by atoms with E-state index < -0.39 is 17.7 Å². The first kappa shape index (κ1) is 15.7. The summed E-state index contributed by atoms with van der Waals surface area (Å²) in [4.78, 5) is 10.5. The number of hydrogen-bond acceptors (Lipinski definition) is 2. The molecule has 21 heavy (non-hydrogen) atoms. The number of aryl methyl sites for hydroxylation is 1. The predicted octanol–water partition coefficient (Wildman–Crippen LogP) is 3.90. The van der Waals surface area contributed by atoms with Gasteiger partial charge in [-0.2, -0.15) is 13.2 Å². The molecule has 6 heteroatoms. The molecule has 1 aromatic rings. The van der Waals surface area contributed by atoms with Crippen LogP contribution in [0.15, 0.2) is 18.2 Å². The van der Waals surface area contributed by atoms with E-state index in [0.29, 0.717) is 12.5 Å². The summed E-state index contributed by atoms with van der Waals surface area (Å²) in [6.45, 7) is 0.436. The number of carbonyl (C=O) groups is 1. The number of benzene rings is 1.